The predicted molar refractivity (Wildman–Crippen MR) is 102 cm³/mol. The summed E-state index contributed by atoms with van der Waals surface area (Å²) in [5, 5.41) is 10.9. The van der Waals surface area contributed by atoms with E-state index in [9.17, 15) is 4.79 Å². The van der Waals surface area contributed by atoms with E-state index in [-0.39, 0.29) is 18.4 Å². The SMILES string of the molecule is C[C@@H](NC(=O)Cc1csc(-c2ccsc2)n1)c1ccc(Cl)c(Cl)c1. The molecule has 0 bridgehead atoms. The van der Waals surface area contributed by atoms with Gasteiger partial charge in [0.1, 0.15) is 5.01 Å². The lowest BCUT2D eigenvalue weighted by molar-refractivity contribution is -0.121. The van der Waals surface area contributed by atoms with E-state index >= 15 is 0 Å². The Hall–Kier alpha value is -1.40. The van der Waals surface area contributed by atoms with Gasteiger partial charge >= 0.3 is 0 Å². The van der Waals surface area contributed by atoms with Crippen LogP contribution in [0.3, 0.4) is 0 Å². The van der Waals surface area contributed by atoms with E-state index in [2.05, 4.69) is 15.7 Å². The van der Waals surface area contributed by atoms with Gasteiger partial charge in [-0.3, -0.25) is 4.79 Å². The average molecular weight is 397 g/mol. The number of nitrogens with one attached hydrogen (secondary N) is 1. The zero-order valence-corrected chi connectivity index (χ0v) is 15.9. The number of hydrogen-bond donors (Lipinski definition) is 1. The summed E-state index contributed by atoms with van der Waals surface area (Å²) in [6, 6.07) is 7.24. The molecule has 1 amide bonds. The molecule has 1 aromatic carbocycles. The molecule has 2 heterocycles. The summed E-state index contributed by atoms with van der Waals surface area (Å²) in [5.74, 6) is -0.0734. The second-order valence-corrected chi connectivity index (χ2v) is 7.75. The summed E-state index contributed by atoms with van der Waals surface area (Å²) in [6.07, 6.45) is 0.256. The number of hydrogen-bond acceptors (Lipinski definition) is 4. The van der Waals surface area contributed by atoms with Crippen LogP contribution in [0.25, 0.3) is 10.6 Å². The van der Waals surface area contributed by atoms with Crippen molar-refractivity contribution < 1.29 is 4.79 Å². The Kier molecular flexibility index (Phi) is 5.56. The van der Waals surface area contributed by atoms with Crippen molar-refractivity contribution >= 4 is 51.8 Å². The molecule has 0 unspecified atom stereocenters. The van der Waals surface area contributed by atoms with E-state index in [0.717, 1.165) is 21.8 Å². The molecule has 0 spiro atoms. The lowest BCUT2D eigenvalue weighted by atomic mass is 10.1. The van der Waals surface area contributed by atoms with Crippen molar-refractivity contribution in [3.05, 3.63) is 61.7 Å². The molecule has 3 aromatic rings. The number of nitrogens with zero attached hydrogens (tertiary/aromatic N) is 1. The molecule has 0 saturated carbocycles. The fraction of sp³-hybridized carbons (Fsp3) is 0.176. The molecular formula is C17H14Cl2N2OS2. The largest absolute Gasteiger partial charge is 0.349 e. The van der Waals surface area contributed by atoms with Gasteiger partial charge < -0.3 is 5.32 Å². The van der Waals surface area contributed by atoms with Crippen LogP contribution in [0.5, 0.6) is 0 Å². The van der Waals surface area contributed by atoms with Crippen LogP contribution in [0.1, 0.15) is 24.2 Å². The van der Waals surface area contributed by atoms with Gasteiger partial charge in [-0.25, -0.2) is 4.98 Å². The number of carbonyl (C=O) groups excluding carboxylic acids is 1. The molecule has 0 radical (unpaired) electrons. The molecule has 24 heavy (non-hydrogen) atoms. The molecule has 3 nitrogen and oxygen atoms in total. The lowest BCUT2D eigenvalue weighted by Gasteiger charge is -2.14. The van der Waals surface area contributed by atoms with Crippen LogP contribution in [0.4, 0.5) is 0 Å². The first-order chi connectivity index (χ1) is 11.5. The zero-order valence-electron chi connectivity index (χ0n) is 12.8. The van der Waals surface area contributed by atoms with Gasteiger partial charge in [0.05, 0.1) is 28.2 Å². The fourth-order valence-corrected chi connectivity index (χ4v) is 4.07. The Balaban J connectivity index is 1.62. The first-order valence-corrected chi connectivity index (χ1v) is 9.82. The quantitative estimate of drug-likeness (QED) is 0.609. The highest BCUT2D eigenvalue weighted by atomic mass is 35.5. The molecule has 124 valence electrons. The molecule has 7 heteroatoms. The third-order valence-electron chi connectivity index (χ3n) is 3.48. The topological polar surface area (TPSA) is 42.0 Å². The summed E-state index contributed by atoms with van der Waals surface area (Å²) in [4.78, 5) is 16.8. The standard InChI is InChI=1S/C17H14Cl2N2OS2/c1-10(11-2-3-14(18)15(19)6-11)20-16(22)7-13-9-24-17(21-13)12-4-5-23-8-12/h2-6,8-10H,7H2,1H3,(H,20,22)/t10-/m1/s1. The van der Waals surface area contributed by atoms with Gasteiger partial charge in [0.2, 0.25) is 5.91 Å². The van der Waals surface area contributed by atoms with E-state index < -0.39 is 0 Å². The maximum absolute atomic E-state index is 12.2. The minimum Gasteiger partial charge on any atom is -0.349 e. The van der Waals surface area contributed by atoms with Gasteiger partial charge in [0.15, 0.2) is 0 Å². The number of thiophene rings is 1. The number of rotatable bonds is 5. The van der Waals surface area contributed by atoms with Crippen molar-refractivity contribution in [2.24, 2.45) is 0 Å². The van der Waals surface area contributed by atoms with E-state index in [4.69, 9.17) is 23.2 Å². The molecule has 1 N–H and O–H groups in total. The van der Waals surface area contributed by atoms with Crippen molar-refractivity contribution in [3.8, 4) is 10.6 Å². The molecule has 1 atom stereocenters. The molecule has 0 aliphatic carbocycles. The molecular weight excluding hydrogens is 383 g/mol. The molecule has 2 aromatic heterocycles. The number of carbonyl (C=O) groups is 1. The first-order valence-electron chi connectivity index (χ1n) is 7.24. The number of thiazole rings is 1. The maximum Gasteiger partial charge on any atom is 0.226 e. The Labute approximate surface area is 158 Å². The second-order valence-electron chi connectivity index (χ2n) is 5.30. The third-order valence-corrected chi connectivity index (χ3v) is 5.85. The summed E-state index contributed by atoms with van der Waals surface area (Å²) in [5.41, 5.74) is 2.79. The van der Waals surface area contributed by atoms with Crippen LogP contribution in [0.15, 0.2) is 40.4 Å². The first kappa shape index (κ1) is 17.4. The Morgan fingerprint density at radius 1 is 1.25 bits per heavy atom. The minimum atomic E-state index is -0.151. The normalized spacial score (nSPS) is 12.1. The lowest BCUT2D eigenvalue weighted by Crippen LogP contribution is -2.28. The second kappa shape index (κ2) is 7.66. The summed E-state index contributed by atoms with van der Waals surface area (Å²) in [6.45, 7) is 1.91. The van der Waals surface area contributed by atoms with Crippen LogP contribution in [0, 0.1) is 0 Å². The smallest absolute Gasteiger partial charge is 0.226 e. The van der Waals surface area contributed by atoms with Gasteiger partial charge in [-0.15, -0.1) is 11.3 Å². The average Bonchev–Trinajstić information content (AvgIpc) is 3.20. The summed E-state index contributed by atoms with van der Waals surface area (Å²) >= 11 is 15.1. The van der Waals surface area contributed by atoms with Gasteiger partial charge in [-0.05, 0) is 36.1 Å². The molecule has 0 aliphatic heterocycles. The third kappa shape index (κ3) is 4.16. The summed E-state index contributed by atoms with van der Waals surface area (Å²) in [7, 11) is 0. The Morgan fingerprint density at radius 3 is 2.79 bits per heavy atom. The van der Waals surface area contributed by atoms with Crippen LogP contribution < -0.4 is 5.32 Å². The molecule has 0 aliphatic rings. The van der Waals surface area contributed by atoms with Crippen molar-refractivity contribution in [1.29, 1.82) is 0 Å². The number of aromatic nitrogens is 1. The number of halogens is 2. The number of amides is 1. The zero-order chi connectivity index (χ0) is 17.1. The van der Waals surface area contributed by atoms with Gasteiger partial charge in [-0.1, -0.05) is 29.3 Å². The van der Waals surface area contributed by atoms with E-state index in [0.29, 0.717) is 10.0 Å². The predicted octanol–water partition coefficient (Wildman–Crippen LogP) is 5.60. The van der Waals surface area contributed by atoms with Gasteiger partial charge in [-0.2, -0.15) is 11.3 Å². The Morgan fingerprint density at radius 2 is 2.08 bits per heavy atom. The van der Waals surface area contributed by atoms with Crippen molar-refractivity contribution in [2.45, 2.75) is 19.4 Å². The number of benzene rings is 1. The highest BCUT2D eigenvalue weighted by Crippen LogP contribution is 2.27. The van der Waals surface area contributed by atoms with Crippen molar-refractivity contribution in [2.75, 3.05) is 0 Å². The minimum absolute atomic E-state index is 0.0734. The highest BCUT2D eigenvalue weighted by Gasteiger charge is 2.13. The molecule has 0 fully saturated rings. The van der Waals surface area contributed by atoms with Gasteiger partial charge in [0.25, 0.3) is 0 Å². The van der Waals surface area contributed by atoms with E-state index in [1.165, 1.54) is 0 Å². The highest BCUT2D eigenvalue weighted by molar-refractivity contribution is 7.14. The van der Waals surface area contributed by atoms with Crippen LogP contribution in [0.2, 0.25) is 10.0 Å². The fourth-order valence-electron chi connectivity index (χ4n) is 2.23. The van der Waals surface area contributed by atoms with Crippen molar-refractivity contribution in [1.82, 2.24) is 10.3 Å². The monoisotopic (exact) mass is 396 g/mol. The molecule has 0 saturated heterocycles. The van der Waals surface area contributed by atoms with Crippen LogP contribution in [-0.4, -0.2) is 10.9 Å². The van der Waals surface area contributed by atoms with Crippen molar-refractivity contribution in [3.63, 3.8) is 0 Å². The summed E-state index contributed by atoms with van der Waals surface area (Å²) < 4.78 is 0. The molecule has 3 rings (SSSR count). The van der Waals surface area contributed by atoms with Crippen LogP contribution in [-0.2, 0) is 11.2 Å². The van der Waals surface area contributed by atoms with Gasteiger partial charge in [0, 0.05) is 16.3 Å². The van der Waals surface area contributed by atoms with E-state index in [1.807, 2.05) is 29.8 Å². The van der Waals surface area contributed by atoms with E-state index in [1.54, 1.807) is 34.8 Å². The maximum atomic E-state index is 12.2. The van der Waals surface area contributed by atoms with Crippen LogP contribution >= 0.6 is 45.9 Å². The Bertz CT molecular complexity index is 846.